The second kappa shape index (κ2) is 11.1. The Bertz CT molecular complexity index is 1440. The molecule has 1 aliphatic rings. The molecule has 0 bridgehead atoms. The Morgan fingerprint density at radius 2 is 1.95 bits per heavy atom. The molecule has 4 rings (SSSR count). The van der Waals surface area contributed by atoms with Crippen molar-refractivity contribution in [2.24, 2.45) is 24.6 Å². The highest BCUT2D eigenvalue weighted by Gasteiger charge is 2.48. The van der Waals surface area contributed by atoms with Crippen LogP contribution in [0.15, 0.2) is 41.6 Å². The largest absolute Gasteiger partial charge is 0.390 e. The average molecular weight is 563 g/mol. The number of benzene rings is 1. The van der Waals surface area contributed by atoms with Gasteiger partial charge in [-0.05, 0) is 54.0 Å². The number of hydrogen-bond acceptors (Lipinski definition) is 5. The number of aromatic nitrogens is 4. The molecule has 0 aliphatic heterocycles. The van der Waals surface area contributed by atoms with E-state index in [1.807, 2.05) is 25.5 Å². The van der Waals surface area contributed by atoms with E-state index in [9.17, 15) is 22.8 Å². The summed E-state index contributed by atoms with van der Waals surface area (Å²) < 4.78 is 56.9. The van der Waals surface area contributed by atoms with Gasteiger partial charge in [-0.1, -0.05) is 26.8 Å². The summed E-state index contributed by atoms with van der Waals surface area (Å²) in [6.07, 6.45) is -1.18. The molecule has 2 N–H and O–H groups in total. The second-order valence-corrected chi connectivity index (χ2v) is 11.3. The van der Waals surface area contributed by atoms with Crippen molar-refractivity contribution < 1.29 is 22.4 Å². The number of hydrogen-bond donors (Lipinski definition) is 1. The van der Waals surface area contributed by atoms with Crippen LogP contribution in [-0.4, -0.2) is 38.0 Å². The SMILES string of the molecule is CC(C)CN(Cc1cc(C(N)=O)c(=O)n(CCC(F)(F)F)c1)c1cc(C2(c3nncn3C)CC(C)C2)ccc1F. The molecule has 0 unspecified atom stereocenters. The first-order chi connectivity index (χ1) is 18.7. The molecule has 3 aromatic rings. The fraction of sp³-hybridized carbons (Fsp3) is 0.500. The van der Waals surface area contributed by atoms with Gasteiger partial charge in [-0.25, -0.2) is 4.39 Å². The van der Waals surface area contributed by atoms with E-state index in [2.05, 4.69) is 17.1 Å². The molecule has 12 heteroatoms. The third-order valence-electron chi connectivity index (χ3n) is 7.38. The summed E-state index contributed by atoms with van der Waals surface area (Å²) in [5.41, 5.74) is 5.20. The molecule has 1 amide bonds. The topological polar surface area (TPSA) is 99.0 Å². The minimum absolute atomic E-state index is 0.0402. The van der Waals surface area contributed by atoms with E-state index in [0.29, 0.717) is 23.7 Å². The van der Waals surface area contributed by atoms with Crippen molar-refractivity contribution in [2.45, 2.75) is 64.7 Å². The molecule has 0 saturated heterocycles. The minimum atomic E-state index is -4.49. The fourth-order valence-corrected chi connectivity index (χ4v) is 5.73. The van der Waals surface area contributed by atoms with Gasteiger partial charge in [0, 0.05) is 32.9 Å². The molecule has 0 radical (unpaired) electrons. The highest BCUT2D eigenvalue weighted by atomic mass is 19.4. The summed E-state index contributed by atoms with van der Waals surface area (Å²) in [7, 11) is 1.87. The maximum absolute atomic E-state index is 15.5. The van der Waals surface area contributed by atoms with E-state index in [-0.39, 0.29) is 12.5 Å². The molecule has 1 aliphatic carbocycles. The van der Waals surface area contributed by atoms with Gasteiger partial charge in [0.2, 0.25) is 0 Å². The smallest absolute Gasteiger partial charge is 0.365 e. The Balaban J connectivity index is 1.76. The van der Waals surface area contributed by atoms with Crippen molar-refractivity contribution in [1.82, 2.24) is 19.3 Å². The average Bonchev–Trinajstić information content (AvgIpc) is 3.27. The number of amides is 1. The summed E-state index contributed by atoms with van der Waals surface area (Å²) >= 11 is 0. The van der Waals surface area contributed by atoms with Gasteiger partial charge in [-0.15, -0.1) is 10.2 Å². The third-order valence-corrected chi connectivity index (χ3v) is 7.38. The van der Waals surface area contributed by atoms with Crippen molar-refractivity contribution in [2.75, 3.05) is 11.4 Å². The number of nitrogens with two attached hydrogens (primary N) is 1. The van der Waals surface area contributed by atoms with E-state index in [0.717, 1.165) is 28.8 Å². The van der Waals surface area contributed by atoms with Gasteiger partial charge >= 0.3 is 6.18 Å². The van der Waals surface area contributed by atoms with Gasteiger partial charge in [-0.2, -0.15) is 13.2 Å². The van der Waals surface area contributed by atoms with E-state index in [1.165, 1.54) is 18.3 Å². The fourth-order valence-electron chi connectivity index (χ4n) is 5.73. The number of nitrogens with zero attached hydrogens (tertiary/aromatic N) is 5. The van der Waals surface area contributed by atoms with Crippen LogP contribution in [0.5, 0.6) is 0 Å². The lowest BCUT2D eigenvalue weighted by molar-refractivity contribution is -0.136. The van der Waals surface area contributed by atoms with Crippen LogP contribution in [0.1, 0.15) is 67.3 Å². The van der Waals surface area contributed by atoms with Gasteiger partial charge in [0.25, 0.3) is 11.5 Å². The van der Waals surface area contributed by atoms with Crippen LogP contribution in [0.4, 0.5) is 23.2 Å². The van der Waals surface area contributed by atoms with Gasteiger partial charge < -0.3 is 19.8 Å². The van der Waals surface area contributed by atoms with Crippen molar-refractivity contribution >= 4 is 11.6 Å². The van der Waals surface area contributed by atoms with E-state index in [1.54, 1.807) is 23.4 Å². The number of aryl methyl sites for hydroxylation is 2. The number of pyridine rings is 1. The Morgan fingerprint density at radius 1 is 1.25 bits per heavy atom. The van der Waals surface area contributed by atoms with E-state index in [4.69, 9.17) is 5.73 Å². The summed E-state index contributed by atoms with van der Waals surface area (Å²) in [4.78, 5) is 26.4. The Labute approximate surface area is 229 Å². The number of primary amides is 1. The summed E-state index contributed by atoms with van der Waals surface area (Å²) in [5, 5.41) is 8.41. The van der Waals surface area contributed by atoms with Crippen LogP contribution >= 0.6 is 0 Å². The van der Waals surface area contributed by atoms with Crippen LogP contribution in [0.2, 0.25) is 0 Å². The summed E-state index contributed by atoms with van der Waals surface area (Å²) in [6, 6.07) is 6.25. The first kappa shape index (κ1) is 29.3. The van der Waals surface area contributed by atoms with Gasteiger partial charge in [-0.3, -0.25) is 9.59 Å². The molecule has 0 atom stereocenters. The zero-order chi connectivity index (χ0) is 29.4. The van der Waals surface area contributed by atoms with Crippen LogP contribution in [0, 0.1) is 17.7 Å². The molecule has 8 nitrogen and oxygen atoms in total. The first-order valence-electron chi connectivity index (χ1n) is 13.2. The molecular formula is C28H34F4N6O2. The van der Waals surface area contributed by atoms with Crippen molar-refractivity contribution in [3.8, 4) is 0 Å². The van der Waals surface area contributed by atoms with Crippen LogP contribution < -0.4 is 16.2 Å². The molecule has 2 heterocycles. The van der Waals surface area contributed by atoms with E-state index < -0.39 is 47.4 Å². The molecule has 40 heavy (non-hydrogen) atoms. The van der Waals surface area contributed by atoms with Crippen molar-refractivity contribution in [3.63, 3.8) is 0 Å². The Hall–Kier alpha value is -3.70. The lowest BCUT2D eigenvalue weighted by atomic mass is 9.58. The van der Waals surface area contributed by atoms with Gasteiger partial charge in [0.15, 0.2) is 0 Å². The second-order valence-electron chi connectivity index (χ2n) is 11.3. The Morgan fingerprint density at radius 3 is 2.50 bits per heavy atom. The molecule has 1 fully saturated rings. The van der Waals surface area contributed by atoms with Crippen molar-refractivity contribution in [3.05, 3.63) is 75.5 Å². The molecule has 1 aromatic carbocycles. The predicted octanol–water partition coefficient (Wildman–Crippen LogP) is 4.55. The van der Waals surface area contributed by atoms with Crippen LogP contribution in [0.3, 0.4) is 0 Å². The zero-order valence-corrected chi connectivity index (χ0v) is 23.0. The monoisotopic (exact) mass is 562 g/mol. The maximum atomic E-state index is 15.5. The number of rotatable bonds is 10. The number of carbonyl (C=O) groups excluding carboxylic acids is 1. The normalized spacial score (nSPS) is 19.1. The Kier molecular flexibility index (Phi) is 8.09. The number of anilines is 1. The molecule has 2 aromatic heterocycles. The molecule has 0 spiro atoms. The number of alkyl halides is 3. The minimum Gasteiger partial charge on any atom is -0.365 e. The predicted molar refractivity (Wildman–Crippen MR) is 142 cm³/mol. The first-order valence-corrected chi connectivity index (χ1v) is 13.2. The standard InChI is InChI=1S/C28H34F4N6O2/c1-17(2)13-38(15-19-9-21(24(33)39)25(40)37(14-19)8-7-28(30,31)32)23-10-20(5-6-22(23)29)27(11-18(3)12-27)26-35-34-16-36(26)4/h5-6,9-10,14,16-18H,7-8,11-13,15H2,1-4H3,(H2,33,39). The number of halogens is 4. The summed E-state index contributed by atoms with van der Waals surface area (Å²) in [6.45, 7) is 5.85. The van der Waals surface area contributed by atoms with Crippen LogP contribution in [-0.2, 0) is 25.6 Å². The third kappa shape index (κ3) is 6.05. The van der Waals surface area contributed by atoms with Crippen LogP contribution in [0.25, 0.3) is 0 Å². The van der Waals surface area contributed by atoms with Gasteiger partial charge in [0.1, 0.15) is 23.5 Å². The molecule has 216 valence electrons. The van der Waals surface area contributed by atoms with E-state index >= 15 is 4.39 Å². The lowest BCUT2D eigenvalue weighted by Crippen LogP contribution is -2.43. The molecular weight excluding hydrogens is 528 g/mol. The highest BCUT2D eigenvalue weighted by molar-refractivity contribution is 5.92. The lowest BCUT2D eigenvalue weighted by Gasteiger charge is -2.46. The molecule has 1 saturated carbocycles. The zero-order valence-electron chi connectivity index (χ0n) is 23.0. The quantitative estimate of drug-likeness (QED) is 0.366. The van der Waals surface area contributed by atoms with Gasteiger partial charge in [0.05, 0.1) is 17.5 Å². The number of carbonyl (C=O) groups is 1. The summed E-state index contributed by atoms with van der Waals surface area (Å²) in [5.74, 6) is -0.180. The highest BCUT2D eigenvalue weighted by Crippen LogP contribution is 2.52. The maximum Gasteiger partial charge on any atom is 0.390 e. The van der Waals surface area contributed by atoms with Crippen molar-refractivity contribution in [1.29, 1.82) is 0 Å².